The molecule has 0 amide bonds. The fraction of sp³-hybridized carbons (Fsp3) is 0.200. The molecular formula is C10H12O. The van der Waals surface area contributed by atoms with Crippen molar-refractivity contribution in [3.63, 3.8) is 0 Å². The van der Waals surface area contributed by atoms with Gasteiger partial charge in [-0.3, -0.25) is 0 Å². The highest BCUT2D eigenvalue weighted by atomic mass is 16.5. The van der Waals surface area contributed by atoms with E-state index >= 15 is 0 Å². The van der Waals surface area contributed by atoms with E-state index < -0.39 is 0 Å². The molecule has 58 valence electrons. The topological polar surface area (TPSA) is 9.23 Å². The second kappa shape index (κ2) is 6.70. The zero-order valence-corrected chi connectivity index (χ0v) is 6.87. The van der Waals surface area contributed by atoms with E-state index in [2.05, 4.69) is 5.92 Å². The Morgan fingerprint density at radius 2 is 2.18 bits per heavy atom. The van der Waals surface area contributed by atoms with Crippen molar-refractivity contribution in [1.82, 2.24) is 0 Å². The van der Waals surface area contributed by atoms with Crippen molar-refractivity contribution in [2.75, 3.05) is 0 Å². The molecule has 0 bridgehead atoms. The smallest absolute Gasteiger partial charge is 0.0904 e. The third-order valence-corrected chi connectivity index (χ3v) is 0.935. The minimum absolute atomic E-state index is 0.997. The van der Waals surface area contributed by atoms with Crippen molar-refractivity contribution < 1.29 is 4.74 Å². The van der Waals surface area contributed by atoms with Gasteiger partial charge in [0.15, 0.2) is 0 Å². The van der Waals surface area contributed by atoms with E-state index in [-0.39, 0.29) is 0 Å². The molecule has 0 N–H and O–H groups in total. The molecule has 0 aliphatic rings. The Labute approximate surface area is 68.1 Å². The Morgan fingerprint density at radius 3 is 2.73 bits per heavy atom. The van der Waals surface area contributed by atoms with Gasteiger partial charge in [-0.25, -0.2) is 0 Å². The zero-order chi connectivity index (χ0) is 8.53. The quantitative estimate of drug-likeness (QED) is 0.339. The van der Waals surface area contributed by atoms with Gasteiger partial charge in [0.25, 0.3) is 0 Å². The second-order valence-electron chi connectivity index (χ2n) is 1.96. The summed E-state index contributed by atoms with van der Waals surface area (Å²) in [5.74, 6) is 2.42. The van der Waals surface area contributed by atoms with Gasteiger partial charge in [0.05, 0.1) is 12.5 Å². The normalized spacial score (nSPS) is 12.3. The number of terminal acetylenes is 1. The van der Waals surface area contributed by atoms with Crippen molar-refractivity contribution in [1.29, 1.82) is 0 Å². The van der Waals surface area contributed by atoms with Crippen LogP contribution < -0.4 is 0 Å². The molecule has 11 heavy (non-hydrogen) atoms. The molecule has 0 aromatic rings. The molecule has 0 radical (unpaired) electrons. The third kappa shape index (κ3) is 6.47. The average molecular weight is 148 g/mol. The predicted octanol–water partition coefficient (Wildman–Crippen LogP) is 2.63. The Hall–Kier alpha value is -1.42. The number of allylic oxidation sites excluding steroid dienone is 4. The first kappa shape index (κ1) is 9.58. The van der Waals surface area contributed by atoms with Crippen LogP contribution in [0.4, 0.5) is 0 Å². The molecule has 0 aromatic heterocycles. The molecule has 0 atom stereocenters. The van der Waals surface area contributed by atoms with Crippen LogP contribution in [0.3, 0.4) is 0 Å². The van der Waals surface area contributed by atoms with Crippen LogP contribution in [0, 0.1) is 12.3 Å². The lowest BCUT2D eigenvalue weighted by Crippen LogP contribution is -1.68. The van der Waals surface area contributed by atoms with Gasteiger partial charge in [-0.05, 0) is 31.6 Å². The summed E-state index contributed by atoms with van der Waals surface area (Å²) in [7, 11) is 0. The van der Waals surface area contributed by atoms with Crippen LogP contribution in [0.15, 0.2) is 36.3 Å². The van der Waals surface area contributed by atoms with E-state index in [1.807, 2.05) is 19.9 Å². The molecule has 0 saturated carbocycles. The highest BCUT2D eigenvalue weighted by Gasteiger charge is 1.76. The molecule has 0 rings (SSSR count). The van der Waals surface area contributed by atoms with E-state index in [0.29, 0.717) is 0 Å². The monoisotopic (exact) mass is 148 g/mol. The molecule has 0 aliphatic carbocycles. The minimum atomic E-state index is 0.997. The first-order valence-corrected chi connectivity index (χ1v) is 3.37. The third-order valence-electron chi connectivity index (χ3n) is 0.935. The van der Waals surface area contributed by atoms with Crippen LogP contribution in [0.1, 0.15) is 13.8 Å². The van der Waals surface area contributed by atoms with Gasteiger partial charge in [0.1, 0.15) is 0 Å². The lowest BCUT2D eigenvalue weighted by atomic mass is 10.3. The van der Waals surface area contributed by atoms with Crippen molar-refractivity contribution in [2.45, 2.75) is 13.8 Å². The summed E-state index contributed by atoms with van der Waals surface area (Å²) in [5, 5.41) is 0. The van der Waals surface area contributed by atoms with Gasteiger partial charge < -0.3 is 4.74 Å². The fourth-order valence-corrected chi connectivity index (χ4v) is 0.450. The first-order chi connectivity index (χ1) is 5.31. The van der Waals surface area contributed by atoms with Gasteiger partial charge in [-0.15, -0.1) is 6.42 Å². The largest absolute Gasteiger partial charge is 0.473 e. The average Bonchev–Trinajstić information content (AvgIpc) is 1.99. The van der Waals surface area contributed by atoms with Crippen LogP contribution in [0.25, 0.3) is 0 Å². The van der Waals surface area contributed by atoms with Crippen LogP contribution in [0.2, 0.25) is 0 Å². The molecule has 0 aromatic carbocycles. The Bertz CT molecular complexity index is 214. The van der Waals surface area contributed by atoms with Gasteiger partial charge >= 0.3 is 0 Å². The summed E-state index contributed by atoms with van der Waals surface area (Å²) in [4.78, 5) is 0. The molecule has 1 nitrogen and oxygen atoms in total. The highest BCUT2D eigenvalue weighted by Crippen LogP contribution is 1.93. The standard InChI is InChI=1S/C10H12O/c1-4-6-10(3)7-9-11-8-5-2/h1,5-9H,2-3H3/b8-5+,9-7-,10-6+. The summed E-state index contributed by atoms with van der Waals surface area (Å²) >= 11 is 0. The molecule has 1 heteroatoms. The Kier molecular flexibility index (Phi) is 5.83. The number of rotatable bonds is 3. The van der Waals surface area contributed by atoms with Crippen molar-refractivity contribution in [3.05, 3.63) is 36.3 Å². The summed E-state index contributed by atoms with van der Waals surface area (Å²) in [6, 6.07) is 0. The molecule has 0 fully saturated rings. The summed E-state index contributed by atoms with van der Waals surface area (Å²) in [5.41, 5.74) is 0.997. The highest BCUT2D eigenvalue weighted by molar-refractivity contribution is 5.24. The maximum absolute atomic E-state index is 5.04. The maximum atomic E-state index is 5.04. The van der Waals surface area contributed by atoms with Crippen LogP contribution in [-0.2, 0) is 4.74 Å². The summed E-state index contributed by atoms with van der Waals surface area (Å²) in [6.07, 6.45) is 13.5. The summed E-state index contributed by atoms with van der Waals surface area (Å²) < 4.78 is 4.93. The first-order valence-electron chi connectivity index (χ1n) is 3.37. The second-order valence-corrected chi connectivity index (χ2v) is 1.96. The number of ether oxygens (including phenoxy) is 1. The molecule has 0 aliphatic heterocycles. The van der Waals surface area contributed by atoms with E-state index in [9.17, 15) is 0 Å². The maximum Gasteiger partial charge on any atom is 0.0904 e. The van der Waals surface area contributed by atoms with Crippen LogP contribution >= 0.6 is 0 Å². The lowest BCUT2D eigenvalue weighted by molar-refractivity contribution is 0.402. The van der Waals surface area contributed by atoms with E-state index in [1.165, 1.54) is 0 Å². The molecule has 0 spiro atoms. The van der Waals surface area contributed by atoms with Gasteiger partial charge in [-0.1, -0.05) is 12.0 Å². The van der Waals surface area contributed by atoms with E-state index in [1.54, 1.807) is 24.7 Å². The van der Waals surface area contributed by atoms with Crippen LogP contribution in [-0.4, -0.2) is 0 Å². The SMILES string of the molecule is C#C/C=C(C)/C=C\O/C=C/C. The van der Waals surface area contributed by atoms with Gasteiger partial charge in [-0.2, -0.15) is 0 Å². The molecular weight excluding hydrogens is 136 g/mol. The summed E-state index contributed by atoms with van der Waals surface area (Å²) in [6.45, 7) is 3.80. The Balaban J connectivity index is 3.76. The van der Waals surface area contributed by atoms with Crippen molar-refractivity contribution in [3.8, 4) is 12.3 Å². The zero-order valence-electron chi connectivity index (χ0n) is 6.87. The van der Waals surface area contributed by atoms with Gasteiger partial charge in [0.2, 0.25) is 0 Å². The number of hydrogen-bond donors (Lipinski definition) is 0. The van der Waals surface area contributed by atoms with Crippen molar-refractivity contribution >= 4 is 0 Å². The molecule has 0 heterocycles. The fourth-order valence-electron chi connectivity index (χ4n) is 0.450. The number of hydrogen-bond acceptors (Lipinski definition) is 1. The van der Waals surface area contributed by atoms with Crippen LogP contribution in [0.5, 0.6) is 0 Å². The lowest BCUT2D eigenvalue weighted by Gasteiger charge is -1.88. The predicted molar refractivity (Wildman–Crippen MR) is 47.6 cm³/mol. The van der Waals surface area contributed by atoms with E-state index in [4.69, 9.17) is 11.2 Å². The molecule has 0 saturated heterocycles. The minimum Gasteiger partial charge on any atom is -0.473 e. The van der Waals surface area contributed by atoms with E-state index in [0.717, 1.165) is 5.57 Å². The molecule has 0 unspecified atom stereocenters. The Morgan fingerprint density at radius 1 is 1.45 bits per heavy atom. The van der Waals surface area contributed by atoms with Crippen molar-refractivity contribution in [2.24, 2.45) is 0 Å². The van der Waals surface area contributed by atoms with Gasteiger partial charge in [0, 0.05) is 0 Å².